The first-order valence-electron chi connectivity index (χ1n) is 7.17. The molecule has 20 heavy (non-hydrogen) atoms. The fourth-order valence-electron chi connectivity index (χ4n) is 2.55. The van der Waals surface area contributed by atoms with E-state index in [0.717, 1.165) is 18.5 Å². The van der Waals surface area contributed by atoms with E-state index in [9.17, 15) is 8.42 Å². The zero-order valence-corrected chi connectivity index (χ0v) is 12.9. The minimum Gasteiger partial charge on any atom is -0.306 e. The van der Waals surface area contributed by atoms with Crippen molar-refractivity contribution in [3.63, 3.8) is 0 Å². The minimum absolute atomic E-state index is 0.190. The molecule has 0 radical (unpaired) electrons. The number of hydrogen-bond acceptors (Lipinski definition) is 4. The molecular weight excluding hydrogens is 274 g/mol. The highest BCUT2D eigenvalue weighted by atomic mass is 32.2. The normalized spacial score (nSPS) is 19.9. The molecule has 0 saturated carbocycles. The van der Waals surface area contributed by atoms with Crippen LogP contribution >= 0.6 is 0 Å². The van der Waals surface area contributed by atoms with E-state index in [2.05, 4.69) is 17.2 Å². The van der Waals surface area contributed by atoms with Gasteiger partial charge in [0.1, 0.15) is 0 Å². The van der Waals surface area contributed by atoms with Gasteiger partial charge in [0.05, 0.1) is 11.4 Å². The molecule has 1 fully saturated rings. The maximum absolute atomic E-state index is 11.8. The highest BCUT2D eigenvalue weighted by Gasteiger charge is 2.27. The van der Waals surface area contributed by atoms with Gasteiger partial charge in [0.2, 0.25) is 10.0 Å². The van der Waals surface area contributed by atoms with Gasteiger partial charge in [0, 0.05) is 31.4 Å². The summed E-state index contributed by atoms with van der Waals surface area (Å²) in [6.45, 7) is 5.02. The maximum atomic E-state index is 11.8. The Labute approximate surface area is 121 Å². The molecule has 0 aliphatic carbocycles. The second-order valence-electron chi connectivity index (χ2n) is 5.22. The molecule has 1 aliphatic rings. The van der Waals surface area contributed by atoms with Crippen molar-refractivity contribution in [1.29, 1.82) is 0 Å². The monoisotopic (exact) mass is 297 g/mol. The first-order valence-corrected chi connectivity index (χ1v) is 8.78. The first-order chi connectivity index (χ1) is 9.53. The number of hydrogen-bond donors (Lipinski definition) is 1. The molecule has 1 aromatic heterocycles. The summed E-state index contributed by atoms with van der Waals surface area (Å²) in [5.41, 5.74) is 1.02. The molecule has 0 aromatic carbocycles. The second kappa shape index (κ2) is 6.65. The van der Waals surface area contributed by atoms with Crippen LogP contribution in [0.5, 0.6) is 0 Å². The molecule has 6 heteroatoms. The van der Waals surface area contributed by atoms with E-state index in [1.54, 1.807) is 17.4 Å². The van der Waals surface area contributed by atoms with Gasteiger partial charge in [-0.05, 0) is 38.8 Å². The van der Waals surface area contributed by atoms with Gasteiger partial charge in [-0.25, -0.2) is 12.7 Å². The number of sulfonamides is 1. The highest BCUT2D eigenvalue weighted by Crippen LogP contribution is 2.18. The minimum atomic E-state index is -3.03. The predicted molar refractivity (Wildman–Crippen MR) is 79.8 cm³/mol. The lowest BCUT2D eigenvalue weighted by atomic mass is 10.0. The van der Waals surface area contributed by atoms with Gasteiger partial charge in [-0.2, -0.15) is 0 Å². The lowest BCUT2D eigenvalue weighted by Crippen LogP contribution is -2.45. The quantitative estimate of drug-likeness (QED) is 0.895. The van der Waals surface area contributed by atoms with E-state index in [1.165, 1.54) is 0 Å². The van der Waals surface area contributed by atoms with Gasteiger partial charge in [0.25, 0.3) is 0 Å². The largest absolute Gasteiger partial charge is 0.306 e. The molecule has 1 aliphatic heterocycles. The van der Waals surface area contributed by atoms with Gasteiger partial charge >= 0.3 is 0 Å². The van der Waals surface area contributed by atoms with Gasteiger partial charge < -0.3 is 5.32 Å². The van der Waals surface area contributed by atoms with Crippen molar-refractivity contribution in [1.82, 2.24) is 14.6 Å². The van der Waals surface area contributed by atoms with Crippen LogP contribution in [0.15, 0.2) is 24.4 Å². The molecule has 112 valence electrons. The average Bonchev–Trinajstić information content (AvgIpc) is 2.48. The van der Waals surface area contributed by atoms with Crippen molar-refractivity contribution < 1.29 is 8.42 Å². The molecule has 5 nitrogen and oxygen atoms in total. The molecule has 0 amide bonds. The Balaban J connectivity index is 1.86. The summed E-state index contributed by atoms with van der Waals surface area (Å²) in [6.07, 6.45) is 3.51. The van der Waals surface area contributed by atoms with Gasteiger partial charge in [-0.1, -0.05) is 6.07 Å². The Morgan fingerprint density at radius 1 is 1.40 bits per heavy atom. The molecule has 1 N–H and O–H groups in total. The molecule has 1 saturated heterocycles. The Kier molecular flexibility index (Phi) is 5.12. The summed E-state index contributed by atoms with van der Waals surface area (Å²) >= 11 is 0. The maximum Gasteiger partial charge on any atom is 0.213 e. The lowest BCUT2D eigenvalue weighted by Gasteiger charge is -2.33. The number of nitrogens with one attached hydrogen (secondary N) is 1. The van der Waals surface area contributed by atoms with Crippen LogP contribution < -0.4 is 5.32 Å². The zero-order chi connectivity index (χ0) is 14.6. The Morgan fingerprint density at radius 3 is 2.65 bits per heavy atom. The molecule has 0 bridgehead atoms. The fourth-order valence-corrected chi connectivity index (χ4v) is 3.69. The Bertz CT molecular complexity index is 510. The Hall–Kier alpha value is -0.980. The molecule has 1 aromatic rings. The summed E-state index contributed by atoms with van der Waals surface area (Å²) in [7, 11) is -3.03. The van der Waals surface area contributed by atoms with E-state index < -0.39 is 10.0 Å². The summed E-state index contributed by atoms with van der Waals surface area (Å²) in [5, 5.41) is 3.54. The first kappa shape index (κ1) is 15.4. The number of pyridine rings is 1. The predicted octanol–water partition coefficient (Wildman–Crippen LogP) is 1.55. The van der Waals surface area contributed by atoms with Crippen molar-refractivity contribution >= 4 is 10.0 Å². The number of nitrogens with zero attached hydrogens (tertiary/aromatic N) is 2. The number of piperidine rings is 1. The van der Waals surface area contributed by atoms with E-state index in [1.807, 2.05) is 18.2 Å². The number of aromatic nitrogens is 1. The standard InChI is InChI=1S/C14H23N3O2S/c1-3-20(18,19)17-10-7-13(8-11-17)16-12(2)14-6-4-5-9-15-14/h4-6,9,12-13,16H,3,7-8,10-11H2,1-2H3. The SMILES string of the molecule is CCS(=O)(=O)N1CCC(NC(C)c2ccccn2)CC1. The zero-order valence-electron chi connectivity index (χ0n) is 12.1. The molecule has 0 spiro atoms. The summed E-state index contributed by atoms with van der Waals surface area (Å²) in [5.74, 6) is 0.190. The van der Waals surface area contributed by atoms with Crippen molar-refractivity contribution in [3.05, 3.63) is 30.1 Å². The smallest absolute Gasteiger partial charge is 0.213 e. The number of rotatable bonds is 5. The van der Waals surface area contributed by atoms with Gasteiger partial charge in [0.15, 0.2) is 0 Å². The van der Waals surface area contributed by atoms with Crippen LogP contribution in [0.1, 0.15) is 38.4 Å². The molecule has 1 unspecified atom stereocenters. The van der Waals surface area contributed by atoms with Crippen LogP contribution in [0, 0.1) is 0 Å². The van der Waals surface area contributed by atoms with Crippen LogP contribution in [0.2, 0.25) is 0 Å². The summed E-state index contributed by atoms with van der Waals surface area (Å²) < 4.78 is 25.2. The van der Waals surface area contributed by atoms with Crippen molar-refractivity contribution in [3.8, 4) is 0 Å². The van der Waals surface area contributed by atoms with E-state index in [4.69, 9.17) is 0 Å². The summed E-state index contributed by atoms with van der Waals surface area (Å²) in [4.78, 5) is 4.34. The van der Waals surface area contributed by atoms with Crippen LogP contribution in [0.25, 0.3) is 0 Å². The van der Waals surface area contributed by atoms with Crippen molar-refractivity contribution in [2.45, 2.75) is 38.8 Å². The van der Waals surface area contributed by atoms with Crippen LogP contribution in [0.4, 0.5) is 0 Å². The molecular formula is C14H23N3O2S. The van der Waals surface area contributed by atoms with Crippen LogP contribution in [0.3, 0.4) is 0 Å². The average molecular weight is 297 g/mol. The Morgan fingerprint density at radius 2 is 2.10 bits per heavy atom. The van der Waals surface area contributed by atoms with Gasteiger partial charge in [-0.3, -0.25) is 4.98 Å². The molecule has 2 heterocycles. The third-order valence-corrected chi connectivity index (χ3v) is 5.71. The molecule has 2 rings (SSSR count). The van der Waals surface area contributed by atoms with Gasteiger partial charge in [-0.15, -0.1) is 0 Å². The fraction of sp³-hybridized carbons (Fsp3) is 0.643. The highest BCUT2D eigenvalue weighted by molar-refractivity contribution is 7.89. The second-order valence-corrected chi connectivity index (χ2v) is 7.47. The van der Waals surface area contributed by atoms with E-state index in [0.29, 0.717) is 19.1 Å². The van der Waals surface area contributed by atoms with Crippen molar-refractivity contribution in [2.24, 2.45) is 0 Å². The van der Waals surface area contributed by atoms with Crippen LogP contribution in [-0.2, 0) is 10.0 Å². The van der Waals surface area contributed by atoms with E-state index >= 15 is 0 Å². The van der Waals surface area contributed by atoms with E-state index in [-0.39, 0.29) is 11.8 Å². The van der Waals surface area contributed by atoms with Crippen LogP contribution in [-0.4, -0.2) is 42.6 Å². The molecule has 1 atom stereocenters. The summed E-state index contributed by atoms with van der Waals surface area (Å²) in [6, 6.07) is 6.45. The third kappa shape index (κ3) is 3.77. The topological polar surface area (TPSA) is 62.3 Å². The lowest BCUT2D eigenvalue weighted by molar-refractivity contribution is 0.276. The third-order valence-electron chi connectivity index (χ3n) is 3.83. The van der Waals surface area contributed by atoms with Crippen molar-refractivity contribution in [2.75, 3.05) is 18.8 Å².